The first-order valence-corrected chi connectivity index (χ1v) is 8.38. The van der Waals surface area contributed by atoms with Gasteiger partial charge in [-0.2, -0.15) is 0 Å². The third-order valence-corrected chi connectivity index (χ3v) is 5.69. The van der Waals surface area contributed by atoms with Gasteiger partial charge in [0, 0.05) is 19.1 Å². The van der Waals surface area contributed by atoms with Crippen molar-refractivity contribution in [1.29, 1.82) is 0 Å². The first-order chi connectivity index (χ1) is 11.0. The molecule has 0 unspecified atom stereocenters. The molecular weight excluding hydrogens is 288 g/mol. The molecule has 1 aromatic rings. The van der Waals surface area contributed by atoms with E-state index in [0.717, 1.165) is 24.0 Å². The fraction of sp³-hybridized carbons (Fsp3) is 0.550. The number of hydrogen-bond acceptors (Lipinski definition) is 3. The van der Waals surface area contributed by atoms with Gasteiger partial charge in [-0.3, -0.25) is 4.79 Å². The Morgan fingerprint density at radius 2 is 2.00 bits per heavy atom. The molecule has 0 heterocycles. The molecule has 0 spiro atoms. The summed E-state index contributed by atoms with van der Waals surface area (Å²) in [6.45, 7) is 6.96. The van der Waals surface area contributed by atoms with E-state index in [9.17, 15) is 4.79 Å². The fourth-order valence-corrected chi connectivity index (χ4v) is 4.38. The van der Waals surface area contributed by atoms with Gasteiger partial charge in [0.15, 0.2) is 5.78 Å². The molecule has 0 radical (unpaired) electrons. The van der Waals surface area contributed by atoms with E-state index in [0.29, 0.717) is 12.3 Å². The van der Waals surface area contributed by atoms with E-state index in [1.165, 1.54) is 11.1 Å². The third kappa shape index (κ3) is 2.77. The van der Waals surface area contributed by atoms with Crippen LogP contribution in [0.1, 0.15) is 62.1 Å². The van der Waals surface area contributed by atoms with Gasteiger partial charge < -0.3 is 9.47 Å². The number of carbonyl (C=O) groups excluding carboxylic acids is 1. The number of rotatable bonds is 3. The van der Waals surface area contributed by atoms with Crippen LogP contribution < -0.4 is 0 Å². The number of methoxy groups -OCH3 is 1. The number of fused-ring (bicyclic) bond motifs is 3. The molecular formula is C20H26O3. The van der Waals surface area contributed by atoms with Gasteiger partial charge in [0.25, 0.3) is 0 Å². The van der Waals surface area contributed by atoms with Crippen LogP contribution in [0.15, 0.2) is 35.4 Å². The Bertz CT molecular complexity index is 642. The first-order valence-electron chi connectivity index (χ1n) is 8.38. The van der Waals surface area contributed by atoms with E-state index in [1.807, 2.05) is 24.3 Å². The molecule has 124 valence electrons. The van der Waals surface area contributed by atoms with Crippen molar-refractivity contribution in [3.63, 3.8) is 0 Å². The van der Waals surface area contributed by atoms with E-state index < -0.39 is 0 Å². The molecule has 0 N–H and O–H groups in total. The van der Waals surface area contributed by atoms with Crippen LogP contribution >= 0.6 is 0 Å². The maximum atomic E-state index is 12.9. The van der Waals surface area contributed by atoms with Crippen LogP contribution in [0.2, 0.25) is 0 Å². The van der Waals surface area contributed by atoms with Gasteiger partial charge in [0.1, 0.15) is 6.79 Å². The summed E-state index contributed by atoms with van der Waals surface area (Å²) in [7, 11) is 1.64. The van der Waals surface area contributed by atoms with Crippen LogP contribution in [-0.2, 0) is 9.47 Å². The van der Waals surface area contributed by atoms with Gasteiger partial charge in [-0.05, 0) is 36.7 Å². The van der Waals surface area contributed by atoms with Crippen molar-refractivity contribution in [1.82, 2.24) is 0 Å². The molecule has 2 atom stereocenters. The zero-order chi connectivity index (χ0) is 16.6. The molecule has 0 amide bonds. The number of ketones is 1. The summed E-state index contributed by atoms with van der Waals surface area (Å²) in [5.74, 6) is 0.556. The third-order valence-electron chi connectivity index (χ3n) is 5.69. The van der Waals surface area contributed by atoms with Crippen molar-refractivity contribution in [3.8, 4) is 0 Å². The van der Waals surface area contributed by atoms with E-state index in [1.54, 1.807) is 7.11 Å². The average molecular weight is 314 g/mol. The summed E-state index contributed by atoms with van der Waals surface area (Å²) in [6.07, 6.45) is 2.56. The molecule has 2 aliphatic rings. The number of ether oxygens (including phenoxy) is 2. The highest BCUT2D eigenvalue weighted by Gasteiger charge is 2.45. The SMILES string of the molecule is COCO[C@@H]1c2ccccc2C(=O)CC2=C(C)CC[C@@H]1C2(C)C. The molecule has 0 saturated carbocycles. The monoisotopic (exact) mass is 314 g/mol. The van der Waals surface area contributed by atoms with E-state index >= 15 is 0 Å². The largest absolute Gasteiger partial charge is 0.359 e. The molecule has 0 aromatic heterocycles. The Kier molecular flexibility index (Phi) is 4.43. The average Bonchev–Trinajstić information content (AvgIpc) is 2.53. The molecule has 2 aliphatic carbocycles. The van der Waals surface area contributed by atoms with E-state index in [-0.39, 0.29) is 24.1 Å². The van der Waals surface area contributed by atoms with Crippen molar-refractivity contribution in [2.75, 3.05) is 13.9 Å². The van der Waals surface area contributed by atoms with E-state index in [2.05, 4.69) is 20.8 Å². The molecule has 3 nitrogen and oxygen atoms in total. The summed E-state index contributed by atoms with van der Waals surface area (Å²) in [5, 5.41) is 0. The standard InChI is InChI=1S/C20H26O3/c1-13-9-10-16-19(23-12-22-4)15-8-6-5-7-14(15)18(21)11-17(13)20(16,2)3/h5-8,16,19H,9-12H2,1-4H3/t16-,19+/m0/s1. The smallest absolute Gasteiger partial charge is 0.167 e. The van der Waals surface area contributed by atoms with Crippen LogP contribution in [0.5, 0.6) is 0 Å². The van der Waals surface area contributed by atoms with Crippen molar-refractivity contribution >= 4 is 5.78 Å². The minimum atomic E-state index is -0.103. The lowest BCUT2D eigenvalue weighted by atomic mass is 9.60. The molecule has 3 rings (SSSR count). The van der Waals surface area contributed by atoms with Crippen molar-refractivity contribution in [2.24, 2.45) is 11.3 Å². The molecule has 3 heteroatoms. The van der Waals surface area contributed by atoms with Crippen LogP contribution in [0.25, 0.3) is 0 Å². The second-order valence-electron chi connectivity index (χ2n) is 7.31. The van der Waals surface area contributed by atoms with Crippen molar-refractivity contribution in [3.05, 3.63) is 46.5 Å². The maximum Gasteiger partial charge on any atom is 0.167 e. The molecule has 0 aliphatic heterocycles. The number of benzene rings is 1. The van der Waals surface area contributed by atoms with Gasteiger partial charge in [0.2, 0.25) is 0 Å². The van der Waals surface area contributed by atoms with Gasteiger partial charge in [-0.15, -0.1) is 0 Å². The number of allylic oxidation sites excluding steroid dienone is 2. The quantitative estimate of drug-likeness (QED) is 0.600. The molecule has 2 bridgehead atoms. The highest BCUT2D eigenvalue weighted by Crippen LogP contribution is 2.53. The van der Waals surface area contributed by atoms with E-state index in [4.69, 9.17) is 9.47 Å². The van der Waals surface area contributed by atoms with Crippen LogP contribution in [0, 0.1) is 11.3 Å². The molecule has 1 aromatic carbocycles. The zero-order valence-corrected chi connectivity index (χ0v) is 14.5. The summed E-state index contributed by atoms with van der Waals surface area (Å²) in [4.78, 5) is 12.9. The maximum absolute atomic E-state index is 12.9. The van der Waals surface area contributed by atoms with Crippen LogP contribution in [0.3, 0.4) is 0 Å². The lowest BCUT2D eigenvalue weighted by molar-refractivity contribution is -0.112. The van der Waals surface area contributed by atoms with Crippen molar-refractivity contribution < 1.29 is 14.3 Å². The second-order valence-corrected chi connectivity index (χ2v) is 7.31. The Balaban J connectivity index is 2.17. The highest BCUT2D eigenvalue weighted by molar-refractivity contribution is 5.99. The van der Waals surface area contributed by atoms with Crippen LogP contribution in [-0.4, -0.2) is 19.7 Å². The number of hydrogen-bond donors (Lipinski definition) is 0. The van der Waals surface area contributed by atoms with Gasteiger partial charge in [0.05, 0.1) is 6.10 Å². The Hall–Kier alpha value is -1.45. The van der Waals surface area contributed by atoms with Crippen LogP contribution in [0.4, 0.5) is 0 Å². The zero-order valence-electron chi connectivity index (χ0n) is 14.5. The first kappa shape index (κ1) is 16.4. The normalized spacial score (nSPS) is 26.5. The molecule has 0 fully saturated rings. The fourth-order valence-electron chi connectivity index (χ4n) is 4.38. The molecule has 0 saturated heterocycles. The van der Waals surface area contributed by atoms with Gasteiger partial charge in [-0.25, -0.2) is 0 Å². The van der Waals surface area contributed by atoms with Gasteiger partial charge in [-0.1, -0.05) is 49.3 Å². The Labute approximate surface area is 138 Å². The summed E-state index contributed by atoms with van der Waals surface area (Å²) >= 11 is 0. The highest BCUT2D eigenvalue weighted by atomic mass is 16.7. The predicted octanol–water partition coefficient (Wildman–Crippen LogP) is 4.69. The summed E-state index contributed by atoms with van der Waals surface area (Å²) < 4.78 is 11.3. The Morgan fingerprint density at radius 3 is 2.74 bits per heavy atom. The number of Topliss-reactive ketones (excluding diaryl/α,β-unsaturated/α-hetero) is 1. The number of carbonyl (C=O) groups is 1. The molecule has 23 heavy (non-hydrogen) atoms. The van der Waals surface area contributed by atoms with Gasteiger partial charge >= 0.3 is 0 Å². The summed E-state index contributed by atoms with van der Waals surface area (Å²) in [6, 6.07) is 7.91. The minimum absolute atomic E-state index is 0.0378. The lowest BCUT2D eigenvalue weighted by Gasteiger charge is -2.47. The minimum Gasteiger partial charge on any atom is -0.359 e. The predicted molar refractivity (Wildman–Crippen MR) is 90.3 cm³/mol. The second kappa shape index (κ2) is 6.21. The lowest BCUT2D eigenvalue weighted by Crippen LogP contribution is -2.39. The summed E-state index contributed by atoms with van der Waals surface area (Å²) in [5.41, 5.74) is 4.47. The Morgan fingerprint density at radius 1 is 1.26 bits per heavy atom. The van der Waals surface area contributed by atoms with Crippen molar-refractivity contribution in [2.45, 2.75) is 46.1 Å². The topological polar surface area (TPSA) is 35.5 Å².